The molecule has 0 aliphatic heterocycles. The van der Waals surface area contributed by atoms with E-state index in [2.05, 4.69) is 0 Å². The zero-order valence-electron chi connectivity index (χ0n) is 12.9. The third-order valence-corrected chi connectivity index (χ3v) is 3.16. The second-order valence-electron chi connectivity index (χ2n) is 4.87. The minimum absolute atomic E-state index is 0.555. The molecule has 0 aliphatic rings. The lowest BCUT2D eigenvalue weighted by atomic mass is 10.3. The molecule has 0 unspecified atom stereocenters. The summed E-state index contributed by atoms with van der Waals surface area (Å²) in [7, 11) is 0. The van der Waals surface area contributed by atoms with Crippen LogP contribution in [0, 0.1) is 0 Å². The lowest BCUT2D eigenvalue weighted by Crippen LogP contribution is -1.96. The molecule has 3 aromatic rings. The summed E-state index contributed by atoms with van der Waals surface area (Å²) in [6.45, 7) is 2.50. The van der Waals surface area contributed by atoms with Crippen LogP contribution in [0.3, 0.4) is 0 Å². The molecular formula is C20H18O3. The van der Waals surface area contributed by atoms with E-state index >= 15 is 0 Å². The highest BCUT2D eigenvalue weighted by Gasteiger charge is 2.09. The van der Waals surface area contributed by atoms with Gasteiger partial charge in [-0.15, -0.1) is 0 Å². The van der Waals surface area contributed by atoms with Crippen molar-refractivity contribution >= 4 is 0 Å². The molecule has 0 saturated heterocycles. The first kappa shape index (κ1) is 15.0. The minimum Gasteiger partial charge on any atom is -0.490 e. The molecule has 0 aliphatic carbocycles. The Bertz CT molecular complexity index is 739. The smallest absolute Gasteiger partial charge is 0.169 e. The molecule has 0 aromatic heterocycles. The van der Waals surface area contributed by atoms with Crippen LogP contribution in [-0.4, -0.2) is 6.61 Å². The Labute approximate surface area is 136 Å². The standard InChI is InChI=1S/C20H18O3/c1-2-21-20-15-18(22-16-9-5-3-6-10-16)13-14-19(20)23-17-11-7-4-8-12-17/h3-15H,2H2,1H3. The molecule has 0 bridgehead atoms. The third-order valence-electron chi connectivity index (χ3n) is 3.16. The summed E-state index contributed by atoms with van der Waals surface area (Å²) in [5, 5.41) is 0. The Morgan fingerprint density at radius 1 is 0.609 bits per heavy atom. The van der Waals surface area contributed by atoms with Crippen LogP contribution in [0.25, 0.3) is 0 Å². The first-order valence-electron chi connectivity index (χ1n) is 7.58. The number of para-hydroxylation sites is 2. The van der Waals surface area contributed by atoms with E-state index in [0.29, 0.717) is 23.9 Å². The van der Waals surface area contributed by atoms with Crippen molar-refractivity contribution in [1.82, 2.24) is 0 Å². The summed E-state index contributed by atoms with van der Waals surface area (Å²) in [5.41, 5.74) is 0. The van der Waals surface area contributed by atoms with Gasteiger partial charge in [0.1, 0.15) is 17.2 Å². The lowest BCUT2D eigenvalue weighted by molar-refractivity contribution is 0.319. The van der Waals surface area contributed by atoms with Crippen molar-refractivity contribution in [3.05, 3.63) is 78.9 Å². The maximum Gasteiger partial charge on any atom is 0.169 e. The monoisotopic (exact) mass is 306 g/mol. The van der Waals surface area contributed by atoms with E-state index in [4.69, 9.17) is 14.2 Å². The Morgan fingerprint density at radius 3 is 1.83 bits per heavy atom. The van der Waals surface area contributed by atoms with Crippen LogP contribution < -0.4 is 14.2 Å². The van der Waals surface area contributed by atoms with Gasteiger partial charge in [-0.3, -0.25) is 0 Å². The molecule has 3 heteroatoms. The number of ether oxygens (including phenoxy) is 3. The molecule has 3 nitrogen and oxygen atoms in total. The maximum atomic E-state index is 5.89. The fraction of sp³-hybridized carbons (Fsp3) is 0.100. The van der Waals surface area contributed by atoms with E-state index in [1.807, 2.05) is 85.8 Å². The summed E-state index contributed by atoms with van der Waals surface area (Å²) >= 11 is 0. The van der Waals surface area contributed by atoms with Gasteiger partial charge >= 0.3 is 0 Å². The molecular weight excluding hydrogens is 288 g/mol. The van der Waals surface area contributed by atoms with Crippen molar-refractivity contribution in [2.75, 3.05) is 6.61 Å². The summed E-state index contributed by atoms with van der Waals surface area (Å²) in [6.07, 6.45) is 0. The van der Waals surface area contributed by atoms with Crippen molar-refractivity contribution in [2.24, 2.45) is 0 Å². The van der Waals surface area contributed by atoms with Gasteiger partial charge in [0.2, 0.25) is 0 Å². The number of hydrogen-bond acceptors (Lipinski definition) is 3. The molecule has 116 valence electrons. The number of hydrogen-bond donors (Lipinski definition) is 0. The predicted octanol–water partition coefficient (Wildman–Crippen LogP) is 5.67. The van der Waals surface area contributed by atoms with Crippen molar-refractivity contribution in [1.29, 1.82) is 0 Å². The first-order chi connectivity index (χ1) is 11.3. The second kappa shape index (κ2) is 7.36. The van der Waals surface area contributed by atoms with Gasteiger partial charge in [0.15, 0.2) is 11.5 Å². The highest BCUT2D eigenvalue weighted by molar-refractivity contribution is 5.48. The van der Waals surface area contributed by atoms with Gasteiger partial charge in [-0.1, -0.05) is 36.4 Å². The zero-order chi connectivity index (χ0) is 15.9. The highest BCUT2D eigenvalue weighted by atomic mass is 16.5. The quantitative estimate of drug-likeness (QED) is 0.587. The molecule has 3 aromatic carbocycles. The van der Waals surface area contributed by atoms with E-state index in [9.17, 15) is 0 Å². The van der Waals surface area contributed by atoms with Crippen molar-refractivity contribution in [3.8, 4) is 28.7 Å². The van der Waals surface area contributed by atoms with Gasteiger partial charge in [-0.2, -0.15) is 0 Å². The summed E-state index contributed by atoms with van der Waals surface area (Å²) < 4.78 is 17.4. The molecule has 0 spiro atoms. The fourth-order valence-corrected chi connectivity index (χ4v) is 2.14. The topological polar surface area (TPSA) is 27.7 Å². The number of benzene rings is 3. The highest BCUT2D eigenvalue weighted by Crippen LogP contribution is 2.36. The van der Waals surface area contributed by atoms with Gasteiger partial charge in [-0.05, 0) is 43.3 Å². The second-order valence-corrected chi connectivity index (χ2v) is 4.87. The van der Waals surface area contributed by atoms with Gasteiger partial charge in [0.05, 0.1) is 6.61 Å². The molecule has 0 atom stereocenters. The molecule has 0 amide bonds. The molecule has 0 N–H and O–H groups in total. The summed E-state index contributed by atoms with van der Waals surface area (Å²) in [4.78, 5) is 0. The minimum atomic E-state index is 0.555. The SMILES string of the molecule is CCOc1cc(Oc2ccccc2)ccc1Oc1ccccc1. The molecule has 0 saturated carbocycles. The van der Waals surface area contributed by atoms with Crippen molar-refractivity contribution in [3.63, 3.8) is 0 Å². The van der Waals surface area contributed by atoms with Crippen molar-refractivity contribution < 1.29 is 14.2 Å². The Balaban J connectivity index is 1.83. The van der Waals surface area contributed by atoms with Crippen LogP contribution in [0.5, 0.6) is 28.7 Å². The van der Waals surface area contributed by atoms with Crippen LogP contribution in [0.1, 0.15) is 6.92 Å². The van der Waals surface area contributed by atoms with Crippen molar-refractivity contribution in [2.45, 2.75) is 6.92 Å². The normalized spacial score (nSPS) is 10.1. The van der Waals surface area contributed by atoms with Gasteiger partial charge < -0.3 is 14.2 Å². The van der Waals surface area contributed by atoms with Crippen LogP contribution in [0.2, 0.25) is 0 Å². The average molecular weight is 306 g/mol. The number of rotatable bonds is 6. The van der Waals surface area contributed by atoms with Crippen LogP contribution in [0.15, 0.2) is 78.9 Å². The van der Waals surface area contributed by atoms with E-state index in [0.717, 1.165) is 11.5 Å². The van der Waals surface area contributed by atoms with Gasteiger partial charge in [0, 0.05) is 6.07 Å². The maximum absolute atomic E-state index is 5.89. The van der Waals surface area contributed by atoms with Crippen LogP contribution in [0.4, 0.5) is 0 Å². The Kier molecular flexibility index (Phi) is 4.79. The molecule has 23 heavy (non-hydrogen) atoms. The summed E-state index contributed by atoms with van der Waals surface area (Å²) in [5.74, 6) is 3.58. The average Bonchev–Trinajstić information content (AvgIpc) is 2.59. The van der Waals surface area contributed by atoms with Gasteiger partial charge in [0.25, 0.3) is 0 Å². The van der Waals surface area contributed by atoms with Crippen LogP contribution in [-0.2, 0) is 0 Å². The zero-order valence-corrected chi connectivity index (χ0v) is 12.9. The molecule has 0 heterocycles. The lowest BCUT2D eigenvalue weighted by Gasteiger charge is -2.13. The van der Waals surface area contributed by atoms with Crippen LogP contribution >= 0.6 is 0 Å². The summed E-state index contributed by atoms with van der Waals surface area (Å²) in [6, 6.07) is 24.8. The van der Waals surface area contributed by atoms with E-state index in [1.165, 1.54) is 0 Å². The van der Waals surface area contributed by atoms with Gasteiger partial charge in [-0.25, -0.2) is 0 Å². The first-order valence-corrected chi connectivity index (χ1v) is 7.58. The van der Waals surface area contributed by atoms with E-state index < -0.39 is 0 Å². The Morgan fingerprint density at radius 2 is 1.22 bits per heavy atom. The Hall–Kier alpha value is -2.94. The molecule has 3 rings (SSSR count). The molecule has 0 radical (unpaired) electrons. The third kappa shape index (κ3) is 4.04. The molecule has 0 fully saturated rings. The largest absolute Gasteiger partial charge is 0.490 e. The predicted molar refractivity (Wildman–Crippen MR) is 90.6 cm³/mol. The fourth-order valence-electron chi connectivity index (χ4n) is 2.14. The van der Waals surface area contributed by atoms with E-state index in [1.54, 1.807) is 0 Å². The van der Waals surface area contributed by atoms with E-state index in [-0.39, 0.29) is 0 Å².